The van der Waals surface area contributed by atoms with Crippen molar-refractivity contribution >= 4 is 40.3 Å². The number of nitro groups is 1. The molecule has 2 rings (SSSR count). The van der Waals surface area contributed by atoms with E-state index in [1.165, 1.54) is 23.2 Å². The molecule has 0 heterocycles. The molecule has 3 N–H and O–H groups in total. The van der Waals surface area contributed by atoms with Gasteiger partial charge in [-0.15, -0.1) is 0 Å². The Hall–Kier alpha value is -2.79. The zero-order valence-electron chi connectivity index (χ0n) is 14.3. The van der Waals surface area contributed by atoms with E-state index in [0.717, 1.165) is 18.2 Å². The number of halogens is 4. The SMILES string of the molecule is CCN(NC(N)=S)c1cc(Oc2ccc(C(F)(F)F)cc2Cl)ccc1[N+](=O)[O-]. The maximum absolute atomic E-state index is 12.7. The Labute approximate surface area is 167 Å². The molecule has 2 aromatic carbocycles. The number of anilines is 1. The van der Waals surface area contributed by atoms with Crippen LogP contribution in [0.5, 0.6) is 11.5 Å². The van der Waals surface area contributed by atoms with Crippen LogP contribution in [0, 0.1) is 10.1 Å². The Morgan fingerprint density at radius 1 is 1.36 bits per heavy atom. The van der Waals surface area contributed by atoms with Crippen molar-refractivity contribution in [1.29, 1.82) is 0 Å². The van der Waals surface area contributed by atoms with Crippen LogP contribution in [0.3, 0.4) is 0 Å². The summed E-state index contributed by atoms with van der Waals surface area (Å²) in [5.74, 6) is 0.0743. The quantitative estimate of drug-likeness (QED) is 0.389. The first-order valence-corrected chi connectivity index (χ1v) is 8.48. The standard InChI is InChI=1S/C16H14ClF3N4O3S/c1-2-23(22-15(21)28)13-8-10(4-5-12(13)24(25)26)27-14-6-3-9(7-11(14)17)16(18,19)20/h3-8H,2H2,1H3,(H3,21,22,28). The van der Waals surface area contributed by atoms with Crippen molar-refractivity contribution in [3.63, 3.8) is 0 Å². The normalized spacial score (nSPS) is 11.0. The summed E-state index contributed by atoms with van der Waals surface area (Å²) in [4.78, 5) is 10.7. The summed E-state index contributed by atoms with van der Waals surface area (Å²) >= 11 is 10.6. The summed E-state index contributed by atoms with van der Waals surface area (Å²) < 4.78 is 43.7. The van der Waals surface area contributed by atoms with Gasteiger partial charge in [-0.3, -0.25) is 20.5 Å². The average molecular weight is 435 g/mol. The highest BCUT2D eigenvalue weighted by atomic mass is 35.5. The first kappa shape index (κ1) is 21.5. The van der Waals surface area contributed by atoms with E-state index in [2.05, 4.69) is 5.43 Å². The van der Waals surface area contributed by atoms with Gasteiger partial charge in [-0.05, 0) is 43.4 Å². The molecule has 0 saturated carbocycles. The average Bonchev–Trinajstić information content (AvgIpc) is 2.60. The number of nitro benzene ring substituents is 1. The van der Waals surface area contributed by atoms with E-state index in [4.69, 9.17) is 34.3 Å². The number of hydrogen-bond donors (Lipinski definition) is 2. The van der Waals surface area contributed by atoms with Crippen LogP contribution >= 0.6 is 23.8 Å². The van der Waals surface area contributed by atoms with Crippen LogP contribution in [0.1, 0.15) is 12.5 Å². The summed E-state index contributed by atoms with van der Waals surface area (Å²) in [5, 5.41) is 12.3. The molecule has 28 heavy (non-hydrogen) atoms. The zero-order valence-corrected chi connectivity index (χ0v) is 15.9. The van der Waals surface area contributed by atoms with E-state index in [-0.39, 0.29) is 39.6 Å². The fraction of sp³-hybridized carbons (Fsp3) is 0.188. The molecule has 0 amide bonds. The number of thiocarbonyl (C=S) groups is 1. The highest BCUT2D eigenvalue weighted by Gasteiger charge is 2.31. The maximum Gasteiger partial charge on any atom is 0.416 e. The van der Waals surface area contributed by atoms with Gasteiger partial charge in [0.2, 0.25) is 0 Å². The third-order valence-electron chi connectivity index (χ3n) is 3.48. The van der Waals surface area contributed by atoms with Gasteiger partial charge in [0.25, 0.3) is 5.69 Å². The van der Waals surface area contributed by atoms with E-state index >= 15 is 0 Å². The number of ether oxygens (including phenoxy) is 1. The van der Waals surface area contributed by atoms with E-state index in [0.29, 0.717) is 0 Å². The molecule has 150 valence electrons. The van der Waals surface area contributed by atoms with Gasteiger partial charge >= 0.3 is 6.18 Å². The largest absolute Gasteiger partial charge is 0.456 e. The molecular formula is C16H14ClF3N4O3S. The second-order valence-electron chi connectivity index (χ2n) is 5.37. The molecule has 0 spiro atoms. The van der Waals surface area contributed by atoms with Crippen LogP contribution in [0.4, 0.5) is 24.5 Å². The molecule has 2 aromatic rings. The van der Waals surface area contributed by atoms with Crippen LogP contribution in [0.15, 0.2) is 36.4 Å². The van der Waals surface area contributed by atoms with Crippen molar-refractivity contribution in [3.8, 4) is 11.5 Å². The lowest BCUT2D eigenvalue weighted by molar-refractivity contribution is -0.384. The zero-order chi connectivity index (χ0) is 21.1. The van der Waals surface area contributed by atoms with E-state index in [1.54, 1.807) is 6.92 Å². The third-order valence-corrected chi connectivity index (χ3v) is 3.87. The Balaban J connectivity index is 2.41. The highest BCUT2D eigenvalue weighted by molar-refractivity contribution is 7.80. The number of hydrogen-bond acceptors (Lipinski definition) is 5. The van der Waals surface area contributed by atoms with Crippen molar-refractivity contribution < 1.29 is 22.8 Å². The number of nitrogens with two attached hydrogens (primary N) is 1. The van der Waals surface area contributed by atoms with Gasteiger partial charge in [0.1, 0.15) is 17.2 Å². The number of nitrogens with zero attached hydrogens (tertiary/aromatic N) is 2. The molecule has 0 radical (unpaired) electrons. The molecule has 0 aromatic heterocycles. The van der Waals surface area contributed by atoms with Crippen molar-refractivity contribution in [1.82, 2.24) is 5.43 Å². The second kappa shape index (κ2) is 8.48. The summed E-state index contributed by atoms with van der Waals surface area (Å²) in [7, 11) is 0. The molecule has 0 atom stereocenters. The minimum absolute atomic E-state index is 0.0418. The van der Waals surface area contributed by atoms with Gasteiger partial charge in [0.15, 0.2) is 5.11 Å². The van der Waals surface area contributed by atoms with Gasteiger partial charge in [-0.1, -0.05) is 11.6 Å². The molecule has 7 nitrogen and oxygen atoms in total. The van der Waals surface area contributed by atoms with Gasteiger partial charge in [0.05, 0.1) is 15.5 Å². The van der Waals surface area contributed by atoms with Crippen LogP contribution in [0.2, 0.25) is 5.02 Å². The van der Waals surface area contributed by atoms with Crippen molar-refractivity contribution in [3.05, 3.63) is 57.1 Å². The summed E-state index contributed by atoms with van der Waals surface area (Å²) in [5.41, 5.74) is 6.95. The van der Waals surface area contributed by atoms with E-state index < -0.39 is 16.7 Å². The van der Waals surface area contributed by atoms with E-state index in [9.17, 15) is 23.3 Å². The fourth-order valence-corrected chi connectivity index (χ4v) is 2.60. The molecule has 0 fully saturated rings. The van der Waals surface area contributed by atoms with Crippen LogP contribution in [-0.4, -0.2) is 16.6 Å². The minimum atomic E-state index is -4.55. The lowest BCUT2D eigenvalue weighted by Gasteiger charge is -2.24. The molecule has 0 aliphatic carbocycles. The molecule has 0 unspecified atom stereocenters. The lowest BCUT2D eigenvalue weighted by atomic mass is 10.2. The van der Waals surface area contributed by atoms with Crippen LogP contribution in [-0.2, 0) is 6.18 Å². The Morgan fingerprint density at radius 2 is 2.04 bits per heavy atom. The van der Waals surface area contributed by atoms with Crippen molar-refractivity contribution in [2.24, 2.45) is 5.73 Å². The first-order chi connectivity index (χ1) is 13.0. The van der Waals surface area contributed by atoms with Gasteiger partial charge in [-0.2, -0.15) is 13.2 Å². The van der Waals surface area contributed by atoms with Crippen molar-refractivity contribution in [2.75, 3.05) is 11.6 Å². The molecule has 0 bridgehead atoms. The van der Waals surface area contributed by atoms with Crippen LogP contribution < -0.4 is 20.9 Å². The summed E-state index contributed by atoms with van der Waals surface area (Å²) in [6.45, 7) is 1.97. The number of hydrazine groups is 1. The second-order valence-corrected chi connectivity index (χ2v) is 6.22. The predicted octanol–water partition coefficient (Wildman–Crippen LogP) is 4.63. The Kier molecular flexibility index (Phi) is 6.52. The fourth-order valence-electron chi connectivity index (χ4n) is 2.27. The summed E-state index contributed by atoms with van der Waals surface area (Å²) in [6.07, 6.45) is -4.55. The van der Waals surface area contributed by atoms with Gasteiger partial charge in [-0.25, -0.2) is 0 Å². The Bertz CT molecular complexity index is 911. The number of rotatable bonds is 6. The van der Waals surface area contributed by atoms with Gasteiger partial charge < -0.3 is 10.5 Å². The molecule has 0 saturated heterocycles. The van der Waals surface area contributed by atoms with Crippen LogP contribution in [0.25, 0.3) is 0 Å². The molecule has 12 heteroatoms. The highest BCUT2D eigenvalue weighted by Crippen LogP contribution is 2.38. The number of nitrogens with one attached hydrogen (secondary N) is 1. The monoisotopic (exact) mass is 434 g/mol. The predicted molar refractivity (Wildman–Crippen MR) is 103 cm³/mol. The first-order valence-electron chi connectivity index (χ1n) is 7.69. The third kappa shape index (κ3) is 5.14. The van der Waals surface area contributed by atoms with E-state index in [1.807, 2.05) is 0 Å². The molecule has 0 aliphatic heterocycles. The topological polar surface area (TPSA) is 93.7 Å². The van der Waals surface area contributed by atoms with Gasteiger partial charge in [0, 0.05) is 18.7 Å². The number of alkyl halides is 3. The molecular weight excluding hydrogens is 421 g/mol. The van der Waals surface area contributed by atoms with Crippen molar-refractivity contribution in [2.45, 2.75) is 13.1 Å². The Morgan fingerprint density at radius 3 is 2.54 bits per heavy atom. The summed E-state index contributed by atoms with van der Waals surface area (Å²) in [6, 6.07) is 6.42. The maximum atomic E-state index is 12.7. The minimum Gasteiger partial charge on any atom is -0.456 e. The lowest BCUT2D eigenvalue weighted by Crippen LogP contribution is -2.45. The smallest absolute Gasteiger partial charge is 0.416 e. The number of benzene rings is 2. The molecule has 0 aliphatic rings.